The molecule has 6 nitrogen and oxygen atoms in total. The number of carbonyl (C=O) groups is 2. The molecule has 82 heavy (non-hydrogen) atoms. The molecule has 6 heteroatoms. The molecule has 3 N–H and O–H groups in total. The van der Waals surface area contributed by atoms with E-state index in [0.717, 1.165) is 44.9 Å². The summed E-state index contributed by atoms with van der Waals surface area (Å²) in [5.74, 6) is -0.0435. The van der Waals surface area contributed by atoms with Crippen LogP contribution in [-0.4, -0.2) is 47.4 Å². The van der Waals surface area contributed by atoms with Crippen LogP contribution in [0, 0.1) is 0 Å². The van der Waals surface area contributed by atoms with Crippen LogP contribution in [0.4, 0.5) is 0 Å². The molecule has 2 atom stereocenters. The normalized spacial score (nSPS) is 12.7. The Hall–Kier alpha value is -1.92. The molecule has 0 heterocycles. The minimum absolute atomic E-state index is 0.0186. The Morgan fingerprint density at radius 3 is 0.927 bits per heavy atom. The van der Waals surface area contributed by atoms with Crippen molar-refractivity contribution < 1.29 is 24.5 Å². The fourth-order valence-corrected chi connectivity index (χ4v) is 11.7. The third-order valence-electron chi connectivity index (χ3n) is 17.4. The molecule has 1 amide bonds. The van der Waals surface area contributed by atoms with Crippen molar-refractivity contribution in [3.63, 3.8) is 0 Å². The van der Waals surface area contributed by atoms with Gasteiger partial charge in [0.2, 0.25) is 5.91 Å². The molecule has 484 valence electrons. The zero-order chi connectivity index (χ0) is 59.2. The van der Waals surface area contributed by atoms with Gasteiger partial charge in [0.15, 0.2) is 0 Å². The smallest absolute Gasteiger partial charge is 0.305 e. The van der Waals surface area contributed by atoms with E-state index in [1.807, 2.05) is 6.08 Å². The predicted molar refractivity (Wildman–Crippen MR) is 361 cm³/mol. The van der Waals surface area contributed by atoms with E-state index in [9.17, 15) is 19.8 Å². The lowest BCUT2D eigenvalue weighted by Crippen LogP contribution is -2.45. The van der Waals surface area contributed by atoms with E-state index in [1.54, 1.807) is 6.08 Å². The van der Waals surface area contributed by atoms with Crippen LogP contribution in [0.3, 0.4) is 0 Å². The third-order valence-corrected chi connectivity index (χ3v) is 17.4. The van der Waals surface area contributed by atoms with E-state index in [0.29, 0.717) is 19.4 Å². The number of allylic oxidation sites excluding steroid dienone is 5. The number of hydrogen-bond donors (Lipinski definition) is 3. The highest BCUT2D eigenvalue weighted by Crippen LogP contribution is 2.19. The van der Waals surface area contributed by atoms with Gasteiger partial charge in [0, 0.05) is 12.8 Å². The molecule has 2 unspecified atom stereocenters. The van der Waals surface area contributed by atoms with E-state index in [-0.39, 0.29) is 18.5 Å². The van der Waals surface area contributed by atoms with Crippen LogP contribution in [0.15, 0.2) is 36.5 Å². The van der Waals surface area contributed by atoms with Crippen LogP contribution in [0.2, 0.25) is 0 Å². The highest BCUT2D eigenvalue weighted by atomic mass is 16.5. The van der Waals surface area contributed by atoms with Crippen molar-refractivity contribution >= 4 is 11.9 Å². The molecule has 0 fully saturated rings. The summed E-state index contributed by atoms with van der Waals surface area (Å²) in [6.45, 7) is 4.94. The molecule has 0 aliphatic heterocycles. The number of ether oxygens (including phenoxy) is 1. The van der Waals surface area contributed by atoms with Gasteiger partial charge in [-0.05, 0) is 64.2 Å². The Kier molecular flexibility index (Phi) is 69.9. The summed E-state index contributed by atoms with van der Waals surface area (Å²) >= 11 is 0. The van der Waals surface area contributed by atoms with Gasteiger partial charge in [-0.15, -0.1) is 0 Å². The van der Waals surface area contributed by atoms with Crippen LogP contribution in [0.5, 0.6) is 0 Å². The predicted octanol–water partition coefficient (Wildman–Crippen LogP) is 24.3. The van der Waals surface area contributed by atoms with Crippen molar-refractivity contribution in [2.45, 2.75) is 424 Å². The maximum absolute atomic E-state index is 12.5. The fraction of sp³-hybridized carbons (Fsp3) is 0.895. The van der Waals surface area contributed by atoms with Gasteiger partial charge >= 0.3 is 5.97 Å². The minimum atomic E-state index is -0.843. The first-order chi connectivity index (χ1) is 40.5. The van der Waals surface area contributed by atoms with Crippen LogP contribution in [-0.2, 0) is 14.3 Å². The average molecular weight is 1150 g/mol. The summed E-state index contributed by atoms with van der Waals surface area (Å²) in [5.41, 5.74) is 0. The first-order valence-corrected chi connectivity index (χ1v) is 37.3. The molecular formula is C76H145NO5. The molecule has 0 aliphatic carbocycles. The third kappa shape index (κ3) is 67.2. The Labute approximate surface area is 513 Å². The first kappa shape index (κ1) is 80.1. The van der Waals surface area contributed by atoms with E-state index in [2.05, 4.69) is 43.5 Å². The Morgan fingerprint density at radius 2 is 0.610 bits per heavy atom. The second-order valence-corrected chi connectivity index (χ2v) is 25.6. The van der Waals surface area contributed by atoms with Gasteiger partial charge in [0.25, 0.3) is 0 Å². The molecule has 0 radical (unpaired) electrons. The van der Waals surface area contributed by atoms with Crippen LogP contribution in [0.1, 0.15) is 412 Å². The average Bonchev–Trinajstić information content (AvgIpc) is 3.48. The summed E-state index contributed by atoms with van der Waals surface area (Å²) in [5, 5.41) is 23.2. The van der Waals surface area contributed by atoms with Crippen molar-refractivity contribution in [1.29, 1.82) is 0 Å². The topological polar surface area (TPSA) is 95.9 Å². The lowest BCUT2D eigenvalue weighted by atomic mass is 10.0. The Morgan fingerprint density at radius 1 is 0.341 bits per heavy atom. The van der Waals surface area contributed by atoms with Crippen molar-refractivity contribution in [2.24, 2.45) is 0 Å². The Bertz CT molecular complexity index is 1330. The minimum Gasteiger partial charge on any atom is -0.466 e. The van der Waals surface area contributed by atoms with Gasteiger partial charge in [-0.25, -0.2) is 0 Å². The highest BCUT2D eigenvalue weighted by molar-refractivity contribution is 5.76. The fourth-order valence-electron chi connectivity index (χ4n) is 11.7. The number of hydrogen-bond acceptors (Lipinski definition) is 5. The van der Waals surface area contributed by atoms with Crippen molar-refractivity contribution in [2.75, 3.05) is 13.2 Å². The summed E-state index contributed by atoms with van der Waals surface area (Å²) in [6, 6.07) is -0.626. The number of nitrogens with one attached hydrogen (secondary N) is 1. The number of aliphatic hydroxyl groups is 2. The van der Waals surface area contributed by atoms with E-state index in [1.165, 1.54) is 340 Å². The quantitative estimate of drug-likeness (QED) is 0.0320. The number of esters is 1. The second kappa shape index (κ2) is 71.6. The van der Waals surface area contributed by atoms with Crippen molar-refractivity contribution in [1.82, 2.24) is 5.32 Å². The van der Waals surface area contributed by atoms with Crippen LogP contribution >= 0.6 is 0 Å². The summed E-state index contributed by atoms with van der Waals surface area (Å²) < 4.78 is 5.48. The number of amides is 1. The van der Waals surface area contributed by atoms with Crippen LogP contribution in [0.25, 0.3) is 0 Å². The summed E-state index contributed by atoms with van der Waals surface area (Å²) in [6.07, 6.45) is 92.5. The monoisotopic (exact) mass is 1150 g/mol. The molecule has 0 rings (SSSR count). The van der Waals surface area contributed by atoms with Crippen molar-refractivity contribution in [3.05, 3.63) is 36.5 Å². The maximum Gasteiger partial charge on any atom is 0.305 e. The lowest BCUT2D eigenvalue weighted by Gasteiger charge is -2.20. The molecule has 0 saturated heterocycles. The molecule has 0 aromatic heterocycles. The molecule has 0 saturated carbocycles. The number of unbranched alkanes of at least 4 members (excludes halogenated alkanes) is 55. The SMILES string of the molecule is CCCCCCCCCCCCCCCCC/C=C/C(O)C(CO)NC(=O)CCCCCCCCCCCCCCCCCCC/C=C\C/C=C\CCCCCCCCCCCCCCCOC(=O)CCCCCCCCCCCCC. The van der Waals surface area contributed by atoms with Gasteiger partial charge in [-0.3, -0.25) is 9.59 Å². The lowest BCUT2D eigenvalue weighted by molar-refractivity contribution is -0.143. The van der Waals surface area contributed by atoms with E-state index in [4.69, 9.17) is 4.74 Å². The molecule has 0 spiro atoms. The molecule has 0 aromatic carbocycles. The molecule has 0 bridgehead atoms. The van der Waals surface area contributed by atoms with E-state index >= 15 is 0 Å². The van der Waals surface area contributed by atoms with Gasteiger partial charge in [0.1, 0.15) is 0 Å². The second-order valence-electron chi connectivity index (χ2n) is 25.6. The van der Waals surface area contributed by atoms with Gasteiger partial charge in [-0.1, -0.05) is 371 Å². The standard InChI is InChI=1S/C76H145NO5/c1-3-5-7-9-11-13-15-16-17-39-42-45-49-52-56-60-64-68-74(79)73(72-78)77-75(80)69-65-61-57-53-50-46-43-40-37-35-33-31-29-27-25-23-21-19-18-20-22-24-26-28-30-32-34-36-38-41-44-47-51-55-59-63-67-71-82-76(81)70-66-62-58-54-48-14-12-10-8-6-4-2/h18,20,24,26,64,68,73-74,78-79H,3-17,19,21-23,25,27-63,65-67,69-72H2,1-2H3,(H,77,80)/b20-18-,26-24-,68-64+. The summed E-state index contributed by atoms with van der Waals surface area (Å²) in [7, 11) is 0. The maximum atomic E-state index is 12.5. The van der Waals surface area contributed by atoms with Gasteiger partial charge in [-0.2, -0.15) is 0 Å². The first-order valence-electron chi connectivity index (χ1n) is 37.3. The number of carbonyl (C=O) groups excluding carboxylic acids is 2. The van der Waals surface area contributed by atoms with Crippen LogP contribution < -0.4 is 5.32 Å². The number of rotatable bonds is 70. The number of aliphatic hydroxyl groups excluding tert-OH is 2. The Balaban J connectivity index is 3.38. The van der Waals surface area contributed by atoms with Gasteiger partial charge in [0.05, 0.1) is 25.4 Å². The van der Waals surface area contributed by atoms with Gasteiger partial charge < -0.3 is 20.3 Å². The highest BCUT2D eigenvalue weighted by Gasteiger charge is 2.18. The molecule has 0 aliphatic rings. The van der Waals surface area contributed by atoms with Crippen molar-refractivity contribution in [3.8, 4) is 0 Å². The zero-order valence-electron chi connectivity index (χ0n) is 55.5. The molecule has 0 aromatic rings. The summed E-state index contributed by atoms with van der Waals surface area (Å²) in [4.78, 5) is 24.5. The molecular weight excluding hydrogens is 1010 g/mol. The largest absolute Gasteiger partial charge is 0.466 e. The zero-order valence-corrected chi connectivity index (χ0v) is 55.5. The van der Waals surface area contributed by atoms with E-state index < -0.39 is 12.1 Å².